The number of carbonyl (C=O) groups is 1. The van der Waals surface area contributed by atoms with Crippen molar-refractivity contribution >= 4 is 17.2 Å². The first-order chi connectivity index (χ1) is 10.6. The van der Waals surface area contributed by atoms with Crippen LogP contribution in [0.1, 0.15) is 29.1 Å². The Hall–Kier alpha value is -1.77. The van der Waals surface area contributed by atoms with Crippen molar-refractivity contribution in [2.24, 2.45) is 0 Å². The number of nitrogens with zero attached hydrogens (tertiary/aromatic N) is 3. The summed E-state index contributed by atoms with van der Waals surface area (Å²) in [5.41, 5.74) is 0. The maximum atomic E-state index is 12.1. The minimum absolute atomic E-state index is 0.0799. The van der Waals surface area contributed by atoms with Gasteiger partial charge in [0.2, 0.25) is 11.8 Å². The van der Waals surface area contributed by atoms with Crippen LogP contribution in [0.3, 0.4) is 0 Å². The number of amides is 1. The molecule has 22 heavy (non-hydrogen) atoms. The van der Waals surface area contributed by atoms with Crippen LogP contribution >= 0.6 is 11.3 Å². The molecule has 2 aromatic heterocycles. The van der Waals surface area contributed by atoms with Gasteiger partial charge in [0.15, 0.2) is 5.82 Å². The van der Waals surface area contributed by atoms with E-state index < -0.39 is 6.10 Å². The number of rotatable bonds is 5. The summed E-state index contributed by atoms with van der Waals surface area (Å²) in [5, 5.41) is 18.5. The highest BCUT2D eigenvalue weighted by molar-refractivity contribution is 7.09. The van der Waals surface area contributed by atoms with Gasteiger partial charge in [0.1, 0.15) is 0 Å². The monoisotopic (exact) mass is 322 g/mol. The number of thiophene rings is 1. The number of hydrogen-bond donors (Lipinski definition) is 2. The molecule has 0 unspecified atom stereocenters. The van der Waals surface area contributed by atoms with Crippen LogP contribution < -0.4 is 5.32 Å². The van der Waals surface area contributed by atoms with Gasteiger partial charge in [0, 0.05) is 11.4 Å². The SMILES string of the molecule is Cc1noc([C@H]2C[C@H](O)CN2CC(=O)NCc2cccs2)n1. The molecule has 0 aromatic carbocycles. The van der Waals surface area contributed by atoms with E-state index >= 15 is 0 Å². The molecule has 0 bridgehead atoms. The summed E-state index contributed by atoms with van der Waals surface area (Å²) in [7, 11) is 0. The van der Waals surface area contributed by atoms with E-state index in [4.69, 9.17) is 4.52 Å². The van der Waals surface area contributed by atoms with Gasteiger partial charge in [-0.1, -0.05) is 11.2 Å². The second-order valence-electron chi connectivity index (χ2n) is 5.37. The maximum Gasteiger partial charge on any atom is 0.244 e. The lowest BCUT2D eigenvalue weighted by Gasteiger charge is -2.20. The second kappa shape index (κ2) is 6.55. The molecule has 2 aromatic rings. The normalized spacial score (nSPS) is 22.1. The van der Waals surface area contributed by atoms with Crippen molar-refractivity contribution in [1.82, 2.24) is 20.4 Å². The van der Waals surface area contributed by atoms with Crippen LogP contribution in [0.15, 0.2) is 22.0 Å². The topological polar surface area (TPSA) is 91.5 Å². The quantitative estimate of drug-likeness (QED) is 0.848. The molecular formula is C14H18N4O3S. The summed E-state index contributed by atoms with van der Waals surface area (Å²) in [6.07, 6.45) is 0.0159. The van der Waals surface area contributed by atoms with Crippen molar-refractivity contribution in [3.8, 4) is 0 Å². The molecule has 8 heteroatoms. The number of aliphatic hydroxyl groups excluding tert-OH is 1. The lowest BCUT2D eigenvalue weighted by Crippen LogP contribution is -2.37. The zero-order valence-electron chi connectivity index (χ0n) is 12.2. The Bertz CT molecular complexity index is 628. The van der Waals surface area contributed by atoms with E-state index in [1.54, 1.807) is 18.3 Å². The predicted octanol–water partition coefficient (Wildman–Crippen LogP) is 0.864. The Balaban J connectivity index is 1.58. The summed E-state index contributed by atoms with van der Waals surface area (Å²) in [6, 6.07) is 3.73. The molecule has 3 rings (SSSR count). The first-order valence-electron chi connectivity index (χ1n) is 7.13. The fourth-order valence-corrected chi connectivity index (χ4v) is 3.24. The van der Waals surface area contributed by atoms with Crippen LogP contribution in [0.25, 0.3) is 0 Å². The number of β-amino-alcohol motifs (C(OH)–C–C–N with tert-alkyl or cyclic N) is 1. The summed E-state index contributed by atoms with van der Waals surface area (Å²) in [4.78, 5) is 19.3. The van der Waals surface area contributed by atoms with E-state index in [2.05, 4.69) is 15.5 Å². The van der Waals surface area contributed by atoms with Crippen molar-refractivity contribution in [3.63, 3.8) is 0 Å². The van der Waals surface area contributed by atoms with Gasteiger partial charge < -0.3 is 14.9 Å². The van der Waals surface area contributed by atoms with Crippen molar-refractivity contribution in [2.45, 2.75) is 32.0 Å². The number of likely N-dealkylation sites (tertiary alicyclic amines) is 1. The fourth-order valence-electron chi connectivity index (χ4n) is 2.60. The number of hydrogen-bond acceptors (Lipinski definition) is 7. The Morgan fingerprint density at radius 1 is 1.64 bits per heavy atom. The minimum Gasteiger partial charge on any atom is -0.392 e. The number of nitrogens with one attached hydrogen (secondary N) is 1. The molecule has 0 radical (unpaired) electrons. The Kier molecular flexibility index (Phi) is 4.51. The highest BCUT2D eigenvalue weighted by Gasteiger charge is 2.36. The highest BCUT2D eigenvalue weighted by Crippen LogP contribution is 2.30. The van der Waals surface area contributed by atoms with Crippen LogP contribution in [0.5, 0.6) is 0 Å². The van der Waals surface area contributed by atoms with E-state index in [1.165, 1.54) is 0 Å². The average Bonchev–Trinajstić information content (AvgIpc) is 3.18. The molecule has 0 saturated carbocycles. The van der Waals surface area contributed by atoms with E-state index in [1.807, 2.05) is 22.4 Å². The first kappa shape index (κ1) is 15.1. The summed E-state index contributed by atoms with van der Waals surface area (Å²) in [5.74, 6) is 0.933. The van der Waals surface area contributed by atoms with E-state index in [0.717, 1.165) is 4.88 Å². The van der Waals surface area contributed by atoms with Crippen LogP contribution in [-0.2, 0) is 11.3 Å². The molecule has 1 aliphatic rings. The predicted molar refractivity (Wildman–Crippen MR) is 80.1 cm³/mol. The second-order valence-corrected chi connectivity index (χ2v) is 6.40. The number of aliphatic hydroxyl groups is 1. The van der Waals surface area contributed by atoms with Gasteiger partial charge in [-0.2, -0.15) is 4.98 Å². The molecule has 3 heterocycles. The van der Waals surface area contributed by atoms with Gasteiger partial charge >= 0.3 is 0 Å². The molecule has 118 valence electrons. The zero-order valence-corrected chi connectivity index (χ0v) is 13.0. The van der Waals surface area contributed by atoms with E-state index in [0.29, 0.717) is 31.2 Å². The van der Waals surface area contributed by atoms with Crippen molar-refractivity contribution in [1.29, 1.82) is 0 Å². The third-order valence-corrected chi connectivity index (χ3v) is 4.47. The standard InChI is InChI=1S/C14H18N4O3S/c1-9-16-14(21-17-9)12-5-10(19)7-18(12)8-13(20)15-6-11-3-2-4-22-11/h2-4,10,12,19H,5-8H2,1H3,(H,15,20)/t10-,12+/m0/s1. The number of aromatic nitrogens is 2. The molecular weight excluding hydrogens is 304 g/mol. The first-order valence-corrected chi connectivity index (χ1v) is 8.01. The van der Waals surface area contributed by atoms with Gasteiger partial charge in [-0.05, 0) is 24.8 Å². The zero-order chi connectivity index (χ0) is 15.5. The average molecular weight is 322 g/mol. The smallest absolute Gasteiger partial charge is 0.244 e. The lowest BCUT2D eigenvalue weighted by molar-refractivity contribution is -0.122. The number of aryl methyl sites for hydroxylation is 1. The van der Waals surface area contributed by atoms with Gasteiger partial charge in [-0.15, -0.1) is 11.3 Å². The minimum atomic E-state index is -0.484. The van der Waals surface area contributed by atoms with E-state index in [9.17, 15) is 9.90 Å². The molecule has 2 N–H and O–H groups in total. The lowest BCUT2D eigenvalue weighted by atomic mass is 10.2. The maximum absolute atomic E-state index is 12.1. The fraction of sp³-hybridized carbons (Fsp3) is 0.500. The Labute approximate surface area is 131 Å². The van der Waals surface area contributed by atoms with Crippen molar-refractivity contribution in [2.75, 3.05) is 13.1 Å². The van der Waals surface area contributed by atoms with Crippen LogP contribution in [0.4, 0.5) is 0 Å². The van der Waals surface area contributed by atoms with Gasteiger partial charge in [0.05, 0.1) is 25.2 Å². The molecule has 2 atom stereocenters. The number of carbonyl (C=O) groups excluding carboxylic acids is 1. The third-order valence-electron chi connectivity index (χ3n) is 3.60. The molecule has 0 aliphatic carbocycles. The van der Waals surface area contributed by atoms with Crippen molar-refractivity contribution < 1.29 is 14.4 Å². The molecule has 7 nitrogen and oxygen atoms in total. The summed E-state index contributed by atoms with van der Waals surface area (Å²) >= 11 is 1.61. The van der Waals surface area contributed by atoms with Crippen molar-refractivity contribution in [3.05, 3.63) is 34.1 Å². The van der Waals surface area contributed by atoms with Crippen LogP contribution in [0.2, 0.25) is 0 Å². The summed E-state index contributed by atoms with van der Waals surface area (Å²) < 4.78 is 5.18. The van der Waals surface area contributed by atoms with E-state index in [-0.39, 0.29) is 18.5 Å². The Morgan fingerprint density at radius 2 is 2.50 bits per heavy atom. The molecule has 1 aliphatic heterocycles. The van der Waals surface area contributed by atoms with Gasteiger partial charge in [0.25, 0.3) is 0 Å². The van der Waals surface area contributed by atoms with Gasteiger partial charge in [-0.25, -0.2) is 0 Å². The van der Waals surface area contributed by atoms with Crippen LogP contribution in [0, 0.1) is 6.92 Å². The van der Waals surface area contributed by atoms with Gasteiger partial charge in [-0.3, -0.25) is 9.69 Å². The molecule has 1 saturated heterocycles. The molecule has 1 amide bonds. The molecule has 1 fully saturated rings. The largest absolute Gasteiger partial charge is 0.392 e. The highest BCUT2D eigenvalue weighted by atomic mass is 32.1. The van der Waals surface area contributed by atoms with Crippen LogP contribution in [-0.4, -0.2) is 45.2 Å². The molecule has 0 spiro atoms. The third kappa shape index (κ3) is 3.52. The Morgan fingerprint density at radius 3 is 3.18 bits per heavy atom. The summed E-state index contributed by atoms with van der Waals surface area (Å²) in [6.45, 7) is 2.90.